The number of aromatic amines is 1. The molecule has 0 aliphatic carbocycles. The van der Waals surface area contributed by atoms with Crippen LogP contribution in [0, 0.1) is 0 Å². The van der Waals surface area contributed by atoms with Gasteiger partial charge in [0.15, 0.2) is 5.65 Å². The highest BCUT2D eigenvalue weighted by Gasteiger charge is 2.34. The molecule has 114 valence electrons. The molecule has 0 bridgehead atoms. The van der Waals surface area contributed by atoms with E-state index in [0.29, 0.717) is 17.5 Å². The number of nitrogens with one attached hydrogen (secondary N) is 2. The van der Waals surface area contributed by atoms with Gasteiger partial charge in [-0.25, -0.2) is 9.89 Å². The average Bonchev–Trinajstić information content (AvgIpc) is 2.88. The molecule has 2 N–H and O–H groups in total. The van der Waals surface area contributed by atoms with Gasteiger partial charge in [0.1, 0.15) is 5.82 Å². The Kier molecular flexibility index (Phi) is 3.67. The number of ether oxygens (including phenoxy) is 1. The Hall–Kier alpha value is -1.89. The first-order valence-corrected chi connectivity index (χ1v) is 7.51. The molecule has 1 aliphatic heterocycles. The van der Waals surface area contributed by atoms with Crippen LogP contribution in [-0.4, -0.2) is 38.1 Å². The van der Waals surface area contributed by atoms with Gasteiger partial charge < -0.3 is 10.1 Å². The van der Waals surface area contributed by atoms with E-state index in [1.807, 2.05) is 6.07 Å². The number of H-pyrrole nitrogens is 1. The highest BCUT2D eigenvalue weighted by atomic mass is 16.5. The summed E-state index contributed by atoms with van der Waals surface area (Å²) in [4.78, 5) is 11.6. The molecule has 3 rings (SSSR count). The van der Waals surface area contributed by atoms with Gasteiger partial charge in [-0.05, 0) is 37.8 Å². The summed E-state index contributed by atoms with van der Waals surface area (Å²) in [5, 5.41) is 14.0. The molecule has 0 radical (unpaired) electrons. The molecule has 1 unspecified atom stereocenters. The van der Waals surface area contributed by atoms with Crippen LogP contribution >= 0.6 is 0 Å². The summed E-state index contributed by atoms with van der Waals surface area (Å²) in [5.41, 5.74) is 0.165. The van der Waals surface area contributed by atoms with E-state index in [0.717, 1.165) is 32.3 Å². The molecule has 0 amide bonds. The molecule has 2 aromatic rings. The van der Waals surface area contributed by atoms with Crippen molar-refractivity contribution in [2.24, 2.45) is 0 Å². The first kappa shape index (κ1) is 14.1. The van der Waals surface area contributed by atoms with Gasteiger partial charge in [0.25, 0.3) is 0 Å². The predicted molar refractivity (Wildman–Crippen MR) is 79.5 cm³/mol. The summed E-state index contributed by atoms with van der Waals surface area (Å²) in [5.74, 6) is 0.694. The van der Waals surface area contributed by atoms with Crippen molar-refractivity contribution in [2.75, 3.05) is 11.9 Å². The van der Waals surface area contributed by atoms with Crippen molar-refractivity contribution in [3.8, 4) is 0 Å². The number of rotatable bonds is 4. The third-order valence-corrected chi connectivity index (χ3v) is 4.41. The maximum atomic E-state index is 11.6. The first-order valence-electron chi connectivity index (χ1n) is 7.51. The molecule has 2 aromatic heterocycles. The number of aromatic nitrogens is 4. The fourth-order valence-corrected chi connectivity index (χ4v) is 2.98. The lowest BCUT2D eigenvalue weighted by Crippen LogP contribution is -2.43. The van der Waals surface area contributed by atoms with Crippen LogP contribution in [0.2, 0.25) is 0 Å². The second-order valence-corrected chi connectivity index (χ2v) is 5.59. The topological polar surface area (TPSA) is 84.3 Å². The van der Waals surface area contributed by atoms with Crippen LogP contribution in [-0.2, 0) is 4.74 Å². The molecule has 1 atom stereocenters. The Balaban J connectivity index is 1.78. The third-order valence-electron chi connectivity index (χ3n) is 4.41. The molecule has 1 saturated heterocycles. The molecular weight excluding hydrogens is 270 g/mol. The highest BCUT2D eigenvalue weighted by Crippen LogP contribution is 2.32. The van der Waals surface area contributed by atoms with Crippen molar-refractivity contribution in [3.05, 3.63) is 22.6 Å². The Labute approximate surface area is 122 Å². The summed E-state index contributed by atoms with van der Waals surface area (Å²) < 4.78 is 7.25. The van der Waals surface area contributed by atoms with Gasteiger partial charge in [0, 0.05) is 12.6 Å². The number of anilines is 1. The van der Waals surface area contributed by atoms with Crippen LogP contribution in [0.3, 0.4) is 0 Å². The monoisotopic (exact) mass is 291 g/mol. The minimum atomic E-state index is -0.322. The van der Waals surface area contributed by atoms with Crippen molar-refractivity contribution in [1.82, 2.24) is 19.8 Å². The molecule has 0 saturated carbocycles. The van der Waals surface area contributed by atoms with Crippen molar-refractivity contribution in [2.45, 2.75) is 51.2 Å². The van der Waals surface area contributed by atoms with Crippen LogP contribution < -0.4 is 11.0 Å². The molecule has 7 heteroatoms. The zero-order valence-corrected chi connectivity index (χ0v) is 12.4. The lowest BCUT2D eigenvalue weighted by atomic mass is 9.86. The van der Waals surface area contributed by atoms with E-state index in [-0.39, 0.29) is 11.3 Å². The molecule has 1 fully saturated rings. The molecular formula is C14H21N5O2. The van der Waals surface area contributed by atoms with Gasteiger partial charge in [-0.3, -0.25) is 0 Å². The minimum absolute atomic E-state index is 0.0352. The normalized spacial score (nSPS) is 21.5. The fraction of sp³-hybridized carbons (Fsp3) is 0.643. The predicted octanol–water partition coefficient (Wildman–Crippen LogP) is 1.57. The molecule has 21 heavy (non-hydrogen) atoms. The second kappa shape index (κ2) is 5.48. The number of nitrogens with zero attached hydrogens (tertiary/aromatic N) is 3. The molecule has 7 nitrogen and oxygen atoms in total. The number of hydrogen-bond donors (Lipinski definition) is 2. The van der Waals surface area contributed by atoms with Crippen molar-refractivity contribution in [3.63, 3.8) is 0 Å². The van der Waals surface area contributed by atoms with E-state index in [2.05, 4.69) is 34.5 Å². The summed E-state index contributed by atoms with van der Waals surface area (Å²) in [6, 6.07) is 3.94. The second-order valence-electron chi connectivity index (χ2n) is 5.59. The highest BCUT2D eigenvalue weighted by molar-refractivity contribution is 5.43. The Morgan fingerprint density at radius 1 is 1.48 bits per heavy atom. The molecule has 0 aromatic carbocycles. The lowest BCUT2D eigenvalue weighted by molar-refractivity contribution is -0.0864. The number of fused-ring (bicyclic) bond motifs is 1. The minimum Gasteiger partial charge on any atom is -0.375 e. The van der Waals surface area contributed by atoms with E-state index in [4.69, 9.17) is 4.74 Å². The van der Waals surface area contributed by atoms with E-state index >= 15 is 0 Å². The zero-order chi connectivity index (χ0) is 14.9. The summed E-state index contributed by atoms with van der Waals surface area (Å²) in [6.07, 6.45) is 3.92. The zero-order valence-electron chi connectivity index (χ0n) is 12.4. The van der Waals surface area contributed by atoms with Gasteiger partial charge in [-0.1, -0.05) is 13.8 Å². The summed E-state index contributed by atoms with van der Waals surface area (Å²) in [7, 11) is 0. The van der Waals surface area contributed by atoms with Gasteiger partial charge in [-0.15, -0.1) is 5.10 Å². The van der Waals surface area contributed by atoms with Crippen LogP contribution in [0.15, 0.2) is 16.9 Å². The van der Waals surface area contributed by atoms with Crippen LogP contribution in [0.4, 0.5) is 5.82 Å². The van der Waals surface area contributed by atoms with Gasteiger partial charge in [-0.2, -0.15) is 9.61 Å². The first-order chi connectivity index (χ1) is 10.2. The lowest BCUT2D eigenvalue weighted by Gasteiger charge is -2.40. The van der Waals surface area contributed by atoms with Crippen LogP contribution in [0.5, 0.6) is 0 Å². The quantitative estimate of drug-likeness (QED) is 0.893. The summed E-state index contributed by atoms with van der Waals surface area (Å²) in [6.45, 7) is 5.09. The number of hydrogen-bond acceptors (Lipinski definition) is 5. The van der Waals surface area contributed by atoms with E-state index in [9.17, 15) is 4.79 Å². The fourth-order valence-electron chi connectivity index (χ4n) is 2.98. The van der Waals surface area contributed by atoms with E-state index < -0.39 is 0 Å². The summed E-state index contributed by atoms with van der Waals surface area (Å²) >= 11 is 0. The van der Waals surface area contributed by atoms with Crippen molar-refractivity contribution in [1.29, 1.82) is 0 Å². The molecule has 3 heterocycles. The third kappa shape index (κ3) is 2.65. The Morgan fingerprint density at radius 3 is 3.05 bits per heavy atom. The smallest absolute Gasteiger partial charge is 0.364 e. The van der Waals surface area contributed by atoms with Gasteiger partial charge >= 0.3 is 5.69 Å². The molecule has 0 spiro atoms. The maximum absolute atomic E-state index is 11.6. The average molecular weight is 291 g/mol. The van der Waals surface area contributed by atoms with Crippen molar-refractivity contribution >= 4 is 11.5 Å². The van der Waals surface area contributed by atoms with Gasteiger partial charge in [0.2, 0.25) is 0 Å². The standard InChI is InChI=1S/C14H21N5O2/c1-3-14(4-2)9-10(7-8-21-14)15-11-5-6-12-16-17-13(20)19(12)18-11/h5-6,10H,3-4,7-9H2,1-2H3,(H,15,18)(H,17,20). The van der Waals surface area contributed by atoms with E-state index in [1.54, 1.807) is 6.07 Å². The SMILES string of the molecule is CCC1(CC)CC(Nc2ccc3n[nH]c(=O)n3n2)CCO1. The van der Waals surface area contributed by atoms with E-state index in [1.165, 1.54) is 4.52 Å². The van der Waals surface area contributed by atoms with Crippen LogP contribution in [0.1, 0.15) is 39.5 Å². The van der Waals surface area contributed by atoms with Gasteiger partial charge in [0.05, 0.1) is 5.60 Å². The Bertz CT molecular complexity index is 673. The van der Waals surface area contributed by atoms with Crippen molar-refractivity contribution < 1.29 is 4.74 Å². The largest absolute Gasteiger partial charge is 0.375 e. The molecule has 1 aliphatic rings. The maximum Gasteiger partial charge on any atom is 0.364 e. The van der Waals surface area contributed by atoms with Crippen LogP contribution in [0.25, 0.3) is 5.65 Å². The Morgan fingerprint density at radius 2 is 2.29 bits per heavy atom.